The number of pyridine rings is 1. The summed E-state index contributed by atoms with van der Waals surface area (Å²) in [5.41, 5.74) is -0.492. The number of aromatic carboxylic acids is 1. The maximum Gasteiger partial charge on any atom is 0.338 e. The summed E-state index contributed by atoms with van der Waals surface area (Å²) >= 11 is 0. The third-order valence-electron chi connectivity index (χ3n) is 2.69. The van der Waals surface area contributed by atoms with E-state index in [2.05, 4.69) is 10.3 Å². The van der Waals surface area contributed by atoms with E-state index in [-0.39, 0.29) is 17.3 Å². The van der Waals surface area contributed by atoms with E-state index in [0.29, 0.717) is 6.42 Å². The molecule has 2 N–H and O–H groups in total. The fourth-order valence-corrected chi connectivity index (χ4v) is 3.49. The highest BCUT2D eigenvalue weighted by molar-refractivity contribution is 7.91. The number of sulfone groups is 1. The Morgan fingerprint density at radius 2 is 2.28 bits per heavy atom. The van der Waals surface area contributed by atoms with E-state index < -0.39 is 33.2 Å². The zero-order valence-corrected chi connectivity index (χ0v) is 10.1. The molecule has 1 aliphatic rings. The van der Waals surface area contributed by atoms with Gasteiger partial charge < -0.3 is 10.4 Å². The number of hydrogen-bond donors (Lipinski definition) is 2. The van der Waals surface area contributed by atoms with E-state index in [1.807, 2.05) is 0 Å². The first-order valence-electron chi connectivity index (χ1n) is 5.24. The van der Waals surface area contributed by atoms with Crippen molar-refractivity contribution < 1.29 is 22.7 Å². The number of nitrogens with zero attached hydrogens (tertiary/aromatic N) is 1. The number of carbonyl (C=O) groups is 1. The van der Waals surface area contributed by atoms with Crippen LogP contribution in [-0.4, -0.2) is 42.0 Å². The Balaban J connectivity index is 2.20. The molecule has 18 heavy (non-hydrogen) atoms. The number of anilines is 1. The molecular formula is C10H11FN2O4S. The maximum absolute atomic E-state index is 13.7. The highest BCUT2D eigenvalue weighted by atomic mass is 32.2. The van der Waals surface area contributed by atoms with Crippen molar-refractivity contribution in [3.05, 3.63) is 23.6 Å². The number of hydrogen-bond acceptors (Lipinski definition) is 5. The lowest BCUT2D eigenvalue weighted by molar-refractivity contribution is 0.0692. The van der Waals surface area contributed by atoms with Crippen molar-refractivity contribution >= 4 is 21.6 Å². The topological polar surface area (TPSA) is 96.4 Å². The van der Waals surface area contributed by atoms with Gasteiger partial charge >= 0.3 is 5.97 Å². The predicted octanol–water partition coefficient (Wildman–Crippen LogP) is 0.518. The summed E-state index contributed by atoms with van der Waals surface area (Å²) in [4.78, 5) is 14.4. The molecule has 0 spiro atoms. The molecule has 1 unspecified atom stereocenters. The highest BCUT2D eigenvalue weighted by Gasteiger charge is 2.29. The quantitative estimate of drug-likeness (QED) is 0.834. The van der Waals surface area contributed by atoms with E-state index in [9.17, 15) is 17.6 Å². The Bertz CT molecular complexity index is 588. The van der Waals surface area contributed by atoms with Crippen molar-refractivity contribution in [1.29, 1.82) is 0 Å². The molecule has 0 aromatic carbocycles. The lowest BCUT2D eigenvalue weighted by Gasteiger charge is -2.12. The van der Waals surface area contributed by atoms with Crippen molar-refractivity contribution in [2.75, 3.05) is 16.8 Å². The van der Waals surface area contributed by atoms with Gasteiger partial charge in [0.25, 0.3) is 0 Å². The fraction of sp³-hybridized carbons (Fsp3) is 0.400. The van der Waals surface area contributed by atoms with Crippen LogP contribution in [0.3, 0.4) is 0 Å². The Hall–Kier alpha value is -1.70. The van der Waals surface area contributed by atoms with Crippen LogP contribution in [0.2, 0.25) is 0 Å². The minimum Gasteiger partial charge on any atom is -0.478 e. The summed E-state index contributed by atoms with van der Waals surface area (Å²) < 4.78 is 36.2. The molecule has 2 heterocycles. The summed E-state index contributed by atoms with van der Waals surface area (Å²) in [5, 5.41) is 11.4. The molecule has 2 rings (SSSR count). The molecule has 0 bridgehead atoms. The third-order valence-corrected chi connectivity index (χ3v) is 4.46. The molecule has 98 valence electrons. The normalized spacial score (nSPS) is 21.7. The minimum atomic E-state index is -3.08. The van der Waals surface area contributed by atoms with Gasteiger partial charge in [-0.3, -0.25) is 0 Å². The van der Waals surface area contributed by atoms with Crippen molar-refractivity contribution in [1.82, 2.24) is 4.98 Å². The van der Waals surface area contributed by atoms with Crippen LogP contribution >= 0.6 is 0 Å². The van der Waals surface area contributed by atoms with Crippen LogP contribution in [0.5, 0.6) is 0 Å². The number of carboxylic acids is 1. The lowest BCUT2D eigenvalue weighted by atomic mass is 10.2. The number of halogens is 1. The minimum absolute atomic E-state index is 0.0465. The Kier molecular flexibility index (Phi) is 3.20. The zero-order valence-electron chi connectivity index (χ0n) is 9.26. The van der Waals surface area contributed by atoms with Gasteiger partial charge in [0.15, 0.2) is 21.5 Å². The molecule has 0 saturated carbocycles. The Morgan fingerprint density at radius 1 is 1.56 bits per heavy atom. The lowest BCUT2D eigenvalue weighted by Crippen LogP contribution is -2.22. The van der Waals surface area contributed by atoms with Crippen molar-refractivity contribution in [2.24, 2.45) is 0 Å². The molecule has 0 amide bonds. The molecule has 0 radical (unpaired) electrons. The average Bonchev–Trinajstić information content (AvgIpc) is 2.61. The van der Waals surface area contributed by atoms with Gasteiger partial charge in [0, 0.05) is 12.2 Å². The van der Waals surface area contributed by atoms with Gasteiger partial charge in [0.05, 0.1) is 11.5 Å². The summed E-state index contributed by atoms with van der Waals surface area (Å²) in [5.74, 6) is -2.64. The molecule has 1 aliphatic heterocycles. The molecule has 1 fully saturated rings. The Labute approximate surface area is 103 Å². The first-order valence-corrected chi connectivity index (χ1v) is 7.06. The number of nitrogens with one attached hydrogen (secondary N) is 1. The van der Waals surface area contributed by atoms with Crippen LogP contribution in [0, 0.1) is 5.82 Å². The van der Waals surface area contributed by atoms with E-state index in [4.69, 9.17) is 5.11 Å². The van der Waals surface area contributed by atoms with Crippen LogP contribution < -0.4 is 5.32 Å². The zero-order chi connectivity index (χ0) is 13.3. The predicted molar refractivity (Wildman–Crippen MR) is 61.8 cm³/mol. The standard InChI is InChI=1S/C10H11FN2O4S/c11-8-7(10(14)15)1-3-12-9(8)13-6-2-4-18(16,17)5-6/h1,3,6H,2,4-5H2,(H,12,13)(H,14,15). The first kappa shape index (κ1) is 12.7. The summed E-state index contributed by atoms with van der Waals surface area (Å²) in [6.07, 6.45) is 1.53. The van der Waals surface area contributed by atoms with Gasteiger partial charge in [-0.05, 0) is 12.5 Å². The van der Waals surface area contributed by atoms with Gasteiger partial charge in [-0.15, -0.1) is 0 Å². The molecular weight excluding hydrogens is 263 g/mol. The van der Waals surface area contributed by atoms with Crippen molar-refractivity contribution in [3.63, 3.8) is 0 Å². The van der Waals surface area contributed by atoms with Gasteiger partial charge in [0.1, 0.15) is 5.56 Å². The van der Waals surface area contributed by atoms with Crippen molar-refractivity contribution in [2.45, 2.75) is 12.5 Å². The van der Waals surface area contributed by atoms with Gasteiger partial charge in [-0.25, -0.2) is 22.6 Å². The molecule has 1 aromatic rings. The molecule has 6 nitrogen and oxygen atoms in total. The second-order valence-corrected chi connectivity index (χ2v) is 6.30. The molecule has 1 aromatic heterocycles. The second kappa shape index (κ2) is 4.52. The number of aromatic nitrogens is 1. The average molecular weight is 274 g/mol. The van der Waals surface area contributed by atoms with Crippen LogP contribution in [0.4, 0.5) is 10.2 Å². The van der Waals surface area contributed by atoms with Crippen LogP contribution in [0.25, 0.3) is 0 Å². The molecule has 0 aliphatic carbocycles. The monoisotopic (exact) mass is 274 g/mol. The van der Waals surface area contributed by atoms with Crippen LogP contribution in [0.1, 0.15) is 16.8 Å². The largest absolute Gasteiger partial charge is 0.478 e. The SMILES string of the molecule is O=C(O)c1ccnc(NC2CCS(=O)(=O)C2)c1F. The highest BCUT2D eigenvalue weighted by Crippen LogP contribution is 2.20. The summed E-state index contributed by atoms with van der Waals surface area (Å²) in [6.45, 7) is 0. The van der Waals surface area contributed by atoms with Crippen LogP contribution in [0.15, 0.2) is 12.3 Å². The van der Waals surface area contributed by atoms with Crippen molar-refractivity contribution in [3.8, 4) is 0 Å². The fourth-order valence-electron chi connectivity index (χ4n) is 1.81. The van der Waals surface area contributed by atoms with Gasteiger partial charge in [0.2, 0.25) is 0 Å². The first-order chi connectivity index (χ1) is 8.39. The van der Waals surface area contributed by atoms with E-state index in [1.54, 1.807) is 0 Å². The van der Waals surface area contributed by atoms with Crippen LogP contribution in [-0.2, 0) is 9.84 Å². The Morgan fingerprint density at radius 3 is 2.83 bits per heavy atom. The van der Waals surface area contributed by atoms with E-state index >= 15 is 0 Å². The smallest absolute Gasteiger partial charge is 0.338 e. The van der Waals surface area contributed by atoms with E-state index in [1.165, 1.54) is 0 Å². The third kappa shape index (κ3) is 2.58. The molecule has 8 heteroatoms. The molecule has 1 atom stereocenters. The summed E-state index contributed by atoms with van der Waals surface area (Å²) in [6, 6.07) is 0.620. The van der Waals surface area contributed by atoms with Gasteiger partial charge in [-0.1, -0.05) is 0 Å². The number of rotatable bonds is 3. The van der Waals surface area contributed by atoms with E-state index in [0.717, 1.165) is 12.3 Å². The number of carboxylic acid groups (broad SMARTS) is 1. The summed E-state index contributed by atoms with van der Waals surface area (Å²) in [7, 11) is -3.08. The molecule has 1 saturated heterocycles. The van der Waals surface area contributed by atoms with Gasteiger partial charge in [-0.2, -0.15) is 0 Å². The second-order valence-electron chi connectivity index (χ2n) is 4.07. The maximum atomic E-state index is 13.7.